The lowest BCUT2D eigenvalue weighted by molar-refractivity contribution is 1.29. The topological polar surface area (TPSA) is 0 Å². The van der Waals surface area contributed by atoms with E-state index in [1.54, 1.807) is 0 Å². The average molecular weight is 192 g/mol. The van der Waals surface area contributed by atoms with E-state index in [1.807, 2.05) is 0 Å². The van der Waals surface area contributed by atoms with Crippen molar-refractivity contribution in [2.45, 2.75) is 19.7 Å². The second-order valence-electron chi connectivity index (χ2n) is 3.54. The third kappa shape index (κ3) is 1.40. The van der Waals surface area contributed by atoms with Gasteiger partial charge in [-0.2, -0.15) is 0 Å². The molecule has 0 N–H and O–H groups in total. The lowest BCUT2D eigenvalue weighted by Crippen LogP contribution is -1.91. The summed E-state index contributed by atoms with van der Waals surface area (Å²) in [5.74, 6) is 0.597. The molecule has 0 aliphatic heterocycles. The van der Waals surface area contributed by atoms with Gasteiger partial charge in [-0.15, -0.1) is 11.6 Å². The van der Waals surface area contributed by atoms with Crippen LogP contribution in [-0.2, 0) is 5.88 Å². The van der Waals surface area contributed by atoms with Gasteiger partial charge in [-0.05, 0) is 36.1 Å². The quantitative estimate of drug-likeness (QED) is 0.594. The van der Waals surface area contributed by atoms with Crippen LogP contribution in [0.4, 0.5) is 0 Å². The van der Waals surface area contributed by atoms with Gasteiger partial charge in [0.05, 0.1) is 0 Å². The van der Waals surface area contributed by atoms with E-state index in [-0.39, 0.29) is 0 Å². The molecule has 67 valence electrons. The van der Waals surface area contributed by atoms with Gasteiger partial charge < -0.3 is 0 Å². The first kappa shape index (κ1) is 8.83. The van der Waals surface area contributed by atoms with Crippen LogP contribution in [0, 0.1) is 13.3 Å². The molecule has 0 aromatic heterocycles. The van der Waals surface area contributed by atoms with Crippen molar-refractivity contribution in [3.8, 4) is 0 Å². The molecule has 0 nitrogen and oxygen atoms in total. The molecule has 0 spiro atoms. The molecule has 0 heterocycles. The van der Waals surface area contributed by atoms with E-state index < -0.39 is 0 Å². The Bertz CT molecular complexity index is 375. The predicted octanol–water partition coefficient (Wildman–Crippen LogP) is 3.70. The molecule has 2 rings (SSSR count). The number of aryl methyl sites for hydroxylation is 1. The summed E-state index contributed by atoms with van der Waals surface area (Å²) in [6.07, 6.45) is 4.43. The summed E-state index contributed by atoms with van der Waals surface area (Å²) in [7, 11) is 0. The number of halogens is 1. The first-order chi connectivity index (χ1) is 6.22. The van der Waals surface area contributed by atoms with Crippen LogP contribution in [0.5, 0.6) is 0 Å². The van der Waals surface area contributed by atoms with Gasteiger partial charge in [0, 0.05) is 12.3 Å². The Hall–Kier alpha value is -0.750. The van der Waals surface area contributed by atoms with Crippen LogP contribution in [0.2, 0.25) is 0 Å². The molecule has 0 atom stereocenters. The monoisotopic (exact) mass is 191 g/mol. The third-order valence-corrected chi connectivity index (χ3v) is 2.77. The third-order valence-electron chi connectivity index (χ3n) is 2.48. The highest BCUT2D eigenvalue weighted by Gasteiger charge is 2.15. The van der Waals surface area contributed by atoms with E-state index in [1.165, 1.54) is 27.8 Å². The van der Waals surface area contributed by atoms with Crippen molar-refractivity contribution >= 4 is 17.7 Å². The number of benzene rings is 1. The summed E-state index contributed by atoms with van der Waals surface area (Å²) < 4.78 is 0. The minimum atomic E-state index is 0.597. The highest BCUT2D eigenvalue weighted by Crippen LogP contribution is 2.32. The van der Waals surface area contributed by atoms with E-state index in [9.17, 15) is 0 Å². The maximum absolute atomic E-state index is 5.87. The zero-order valence-corrected chi connectivity index (χ0v) is 8.65. The number of fused-ring (bicyclic) bond motifs is 1. The van der Waals surface area contributed by atoms with E-state index >= 15 is 0 Å². The number of hydrogen-bond donors (Lipinski definition) is 0. The van der Waals surface area contributed by atoms with Gasteiger partial charge in [0.1, 0.15) is 0 Å². The lowest BCUT2D eigenvalue weighted by Gasteiger charge is -2.07. The Morgan fingerprint density at radius 2 is 1.92 bits per heavy atom. The van der Waals surface area contributed by atoms with Gasteiger partial charge in [0.25, 0.3) is 0 Å². The molecule has 0 amide bonds. The maximum atomic E-state index is 5.87. The fourth-order valence-corrected chi connectivity index (χ4v) is 2.00. The smallest absolute Gasteiger partial charge is 0.0480 e. The van der Waals surface area contributed by atoms with Gasteiger partial charge in [-0.25, -0.2) is 0 Å². The van der Waals surface area contributed by atoms with E-state index in [2.05, 4.69) is 38.5 Å². The second-order valence-corrected chi connectivity index (χ2v) is 3.80. The van der Waals surface area contributed by atoms with Crippen molar-refractivity contribution in [3.05, 3.63) is 46.4 Å². The molecular formula is C12H12Cl. The summed E-state index contributed by atoms with van der Waals surface area (Å²) in [4.78, 5) is 0. The molecule has 1 aliphatic carbocycles. The fraction of sp³-hybridized carbons (Fsp3) is 0.250. The van der Waals surface area contributed by atoms with E-state index in [4.69, 9.17) is 11.6 Å². The first-order valence-electron chi connectivity index (χ1n) is 4.44. The van der Waals surface area contributed by atoms with Crippen molar-refractivity contribution in [1.82, 2.24) is 0 Å². The van der Waals surface area contributed by atoms with Gasteiger partial charge >= 0.3 is 0 Å². The number of rotatable bonds is 1. The molecule has 1 aromatic carbocycles. The molecule has 1 aromatic rings. The van der Waals surface area contributed by atoms with Gasteiger partial charge in [-0.1, -0.05) is 23.8 Å². The first-order valence-corrected chi connectivity index (χ1v) is 4.97. The predicted molar refractivity (Wildman–Crippen MR) is 57.8 cm³/mol. The normalized spacial score (nSPS) is 14.2. The summed E-state index contributed by atoms with van der Waals surface area (Å²) in [6, 6.07) is 4.25. The maximum Gasteiger partial charge on any atom is 0.0480 e. The Morgan fingerprint density at radius 1 is 1.15 bits per heavy atom. The molecule has 0 saturated heterocycles. The van der Waals surface area contributed by atoms with Crippen molar-refractivity contribution < 1.29 is 0 Å². The van der Waals surface area contributed by atoms with Gasteiger partial charge in [0.15, 0.2) is 0 Å². The zero-order valence-electron chi connectivity index (χ0n) is 7.89. The molecule has 0 fully saturated rings. The molecule has 1 radical (unpaired) electrons. The largest absolute Gasteiger partial charge is 0.122 e. The standard InChI is InChI=1S/C12H12Cl/c1-8-5-11-9(2)3-4-10(7-13)12(11)6-8/h3-6H,7H2,1-2H3. The van der Waals surface area contributed by atoms with Crippen LogP contribution in [0.3, 0.4) is 0 Å². The molecule has 1 aliphatic rings. The summed E-state index contributed by atoms with van der Waals surface area (Å²) >= 11 is 5.87. The van der Waals surface area contributed by atoms with E-state index in [0.717, 1.165) is 0 Å². The van der Waals surface area contributed by atoms with Crippen LogP contribution >= 0.6 is 11.6 Å². The van der Waals surface area contributed by atoms with E-state index in [0.29, 0.717) is 5.88 Å². The van der Waals surface area contributed by atoms with Crippen molar-refractivity contribution in [2.75, 3.05) is 0 Å². The molecule has 0 unspecified atom stereocenters. The highest BCUT2D eigenvalue weighted by atomic mass is 35.5. The Labute approximate surface area is 84.2 Å². The molecule has 0 saturated carbocycles. The SMILES string of the molecule is CC1=Cc2c(CCl)ccc(C)c2[CH]1. The van der Waals surface area contributed by atoms with Crippen LogP contribution in [-0.4, -0.2) is 0 Å². The number of alkyl halides is 1. The minimum absolute atomic E-state index is 0.597. The van der Waals surface area contributed by atoms with Crippen LogP contribution in [0.1, 0.15) is 29.2 Å². The van der Waals surface area contributed by atoms with Crippen LogP contribution in [0.25, 0.3) is 6.08 Å². The zero-order chi connectivity index (χ0) is 9.42. The van der Waals surface area contributed by atoms with Crippen LogP contribution < -0.4 is 0 Å². The van der Waals surface area contributed by atoms with Crippen molar-refractivity contribution in [3.63, 3.8) is 0 Å². The second kappa shape index (κ2) is 3.19. The fourth-order valence-electron chi connectivity index (χ4n) is 1.77. The molecular weight excluding hydrogens is 180 g/mol. The summed E-state index contributed by atoms with van der Waals surface area (Å²) in [5, 5.41) is 0. The summed E-state index contributed by atoms with van der Waals surface area (Å²) in [5.41, 5.74) is 6.53. The molecule has 0 bridgehead atoms. The average Bonchev–Trinajstić information content (AvgIpc) is 2.48. The van der Waals surface area contributed by atoms with Gasteiger partial charge in [0.2, 0.25) is 0 Å². The molecule has 1 heteroatoms. The Kier molecular flexibility index (Phi) is 2.17. The highest BCUT2D eigenvalue weighted by molar-refractivity contribution is 6.17. The summed E-state index contributed by atoms with van der Waals surface area (Å²) in [6.45, 7) is 4.26. The Balaban J connectivity index is 2.61. The van der Waals surface area contributed by atoms with Crippen molar-refractivity contribution in [2.24, 2.45) is 0 Å². The van der Waals surface area contributed by atoms with Gasteiger partial charge in [-0.3, -0.25) is 0 Å². The lowest BCUT2D eigenvalue weighted by atomic mass is 9.99. The minimum Gasteiger partial charge on any atom is -0.122 e. The Morgan fingerprint density at radius 3 is 2.62 bits per heavy atom. The number of hydrogen-bond acceptors (Lipinski definition) is 0. The number of allylic oxidation sites excluding steroid dienone is 1. The molecule has 13 heavy (non-hydrogen) atoms. The van der Waals surface area contributed by atoms with Crippen molar-refractivity contribution in [1.29, 1.82) is 0 Å². The van der Waals surface area contributed by atoms with Crippen LogP contribution in [0.15, 0.2) is 17.7 Å².